The number of halogens is 3. The highest BCUT2D eigenvalue weighted by Crippen LogP contribution is 2.29. The summed E-state index contributed by atoms with van der Waals surface area (Å²) in [5.74, 6) is -2.09. The highest BCUT2D eigenvalue weighted by Gasteiger charge is 2.30. The molecule has 7 nitrogen and oxygen atoms in total. The summed E-state index contributed by atoms with van der Waals surface area (Å²) in [6, 6.07) is 2.76. The maximum Gasteiger partial charge on any atom is 0.416 e. The fraction of sp³-hybridized carbons (Fsp3) is 0.375. The molecule has 0 fully saturated rings. The summed E-state index contributed by atoms with van der Waals surface area (Å²) < 4.78 is 37.5. The molecule has 0 aromatic heterocycles. The first-order chi connectivity index (χ1) is 12.0. The van der Waals surface area contributed by atoms with Crippen LogP contribution in [0.3, 0.4) is 0 Å². The minimum atomic E-state index is -4.49. The molecule has 26 heavy (non-hydrogen) atoms. The molecule has 0 aliphatic heterocycles. The van der Waals surface area contributed by atoms with Crippen molar-refractivity contribution in [3.05, 3.63) is 29.8 Å². The highest BCUT2D eigenvalue weighted by molar-refractivity contribution is 6.40. The van der Waals surface area contributed by atoms with Crippen LogP contribution in [0.1, 0.15) is 25.8 Å². The number of amides is 3. The molecule has 3 amide bonds. The van der Waals surface area contributed by atoms with E-state index in [0.29, 0.717) is 0 Å². The van der Waals surface area contributed by atoms with Crippen LogP contribution in [-0.4, -0.2) is 35.3 Å². The van der Waals surface area contributed by atoms with Crippen molar-refractivity contribution < 1.29 is 32.7 Å². The van der Waals surface area contributed by atoms with E-state index in [1.54, 1.807) is 13.8 Å². The SMILES string of the molecule is CC(C)CC(=NC(=O)Nc1ccc(C(F)(F)F)cc1)C(=O)NCC(=O)O. The second-order valence-corrected chi connectivity index (χ2v) is 5.74. The summed E-state index contributed by atoms with van der Waals surface area (Å²) in [7, 11) is 0. The van der Waals surface area contributed by atoms with Crippen LogP contribution in [0.4, 0.5) is 23.7 Å². The lowest BCUT2D eigenvalue weighted by atomic mass is 10.1. The number of carbonyl (C=O) groups excluding carboxylic acids is 2. The van der Waals surface area contributed by atoms with E-state index < -0.39 is 36.2 Å². The highest BCUT2D eigenvalue weighted by atomic mass is 19.4. The zero-order valence-electron chi connectivity index (χ0n) is 14.1. The molecule has 0 heterocycles. The third-order valence-corrected chi connectivity index (χ3v) is 2.96. The van der Waals surface area contributed by atoms with Crippen molar-refractivity contribution in [2.45, 2.75) is 26.4 Å². The fourth-order valence-corrected chi connectivity index (χ4v) is 1.85. The molecule has 3 N–H and O–H groups in total. The maximum absolute atomic E-state index is 12.5. The van der Waals surface area contributed by atoms with Gasteiger partial charge in [0, 0.05) is 5.69 Å². The van der Waals surface area contributed by atoms with Gasteiger partial charge in [0.25, 0.3) is 5.91 Å². The van der Waals surface area contributed by atoms with Gasteiger partial charge in [-0.1, -0.05) is 13.8 Å². The summed E-state index contributed by atoms with van der Waals surface area (Å²) in [6.07, 6.45) is -4.38. The number of urea groups is 1. The Morgan fingerprint density at radius 2 is 1.73 bits per heavy atom. The Balaban J connectivity index is 2.86. The van der Waals surface area contributed by atoms with Crippen molar-refractivity contribution in [1.29, 1.82) is 0 Å². The van der Waals surface area contributed by atoms with Crippen molar-refractivity contribution in [3.8, 4) is 0 Å². The van der Waals surface area contributed by atoms with Crippen molar-refractivity contribution in [2.24, 2.45) is 10.9 Å². The number of anilines is 1. The molecule has 0 unspecified atom stereocenters. The molecule has 0 atom stereocenters. The molecule has 0 spiro atoms. The normalized spacial score (nSPS) is 12.0. The zero-order chi connectivity index (χ0) is 19.9. The summed E-state index contributed by atoms with van der Waals surface area (Å²) in [5, 5.41) is 12.9. The summed E-state index contributed by atoms with van der Waals surface area (Å²) >= 11 is 0. The number of alkyl halides is 3. The zero-order valence-corrected chi connectivity index (χ0v) is 14.1. The molecule has 10 heteroatoms. The molecular weight excluding hydrogens is 355 g/mol. The Hall–Kier alpha value is -2.91. The van der Waals surface area contributed by atoms with Crippen molar-refractivity contribution in [3.63, 3.8) is 0 Å². The van der Waals surface area contributed by atoms with Gasteiger partial charge in [-0.2, -0.15) is 18.2 Å². The predicted molar refractivity (Wildman–Crippen MR) is 88.0 cm³/mol. The summed E-state index contributed by atoms with van der Waals surface area (Å²) in [6.45, 7) is 2.91. The van der Waals surface area contributed by atoms with Gasteiger partial charge in [-0.25, -0.2) is 4.79 Å². The number of nitrogens with zero attached hydrogens (tertiary/aromatic N) is 1. The second kappa shape index (κ2) is 8.97. The Morgan fingerprint density at radius 1 is 1.15 bits per heavy atom. The minimum Gasteiger partial charge on any atom is -0.480 e. The molecule has 1 rings (SSSR count). The van der Waals surface area contributed by atoms with E-state index in [9.17, 15) is 27.6 Å². The summed E-state index contributed by atoms with van der Waals surface area (Å²) in [5.41, 5.74) is -0.972. The standard InChI is InChI=1S/C16H18F3N3O4/c1-9(2)7-12(14(25)20-8-13(23)24)22-15(26)21-11-5-3-10(4-6-11)16(17,18)19/h3-6,9H,7-8H2,1-2H3,(H,20,25)(H,21,26)(H,23,24). The van der Waals surface area contributed by atoms with E-state index >= 15 is 0 Å². The number of hydrogen-bond donors (Lipinski definition) is 3. The Labute approximate surface area is 147 Å². The molecular formula is C16H18F3N3O4. The van der Waals surface area contributed by atoms with Gasteiger partial charge in [-0.15, -0.1) is 0 Å². The van der Waals surface area contributed by atoms with E-state index in [1.807, 2.05) is 0 Å². The predicted octanol–water partition coefficient (Wildman–Crippen LogP) is 2.93. The van der Waals surface area contributed by atoms with Gasteiger partial charge in [0.2, 0.25) is 0 Å². The third kappa shape index (κ3) is 7.32. The summed E-state index contributed by atoms with van der Waals surface area (Å²) in [4.78, 5) is 37.9. The molecule has 0 aliphatic rings. The Bertz CT molecular complexity index is 698. The van der Waals surface area contributed by atoms with Gasteiger partial charge in [0.1, 0.15) is 12.3 Å². The second-order valence-electron chi connectivity index (χ2n) is 5.74. The number of nitrogens with one attached hydrogen (secondary N) is 2. The fourth-order valence-electron chi connectivity index (χ4n) is 1.85. The third-order valence-electron chi connectivity index (χ3n) is 2.96. The molecule has 0 saturated heterocycles. The van der Waals surface area contributed by atoms with Gasteiger partial charge < -0.3 is 15.7 Å². The number of aliphatic carboxylic acids is 1. The lowest BCUT2D eigenvalue weighted by molar-refractivity contribution is -0.138. The van der Waals surface area contributed by atoms with Crippen molar-refractivity contribution >= 4 is 29.3 Å². The van der Waals surface area contributed by atoms with Crippen molar-refractivity contribution in [2.75, 3.05) is 11.9 Å². The van der Waals surface area contributed by atoms with E-state index in [0.717, 1.165) is 24.3 Å². The average molecular weight is 373 g/mol. The molecule has 0 saturated carbocycles. The molecule has 0 radical (unpaired) electrons. The average Bonchev–Trinajstić information content (AvgIpc) is 2.51. The van der Waals surface area contributed by atoms with Crippen LogP contribution in [0.25, 0.3) is 0 Å². The molecule has 1 aromatic carbocycles. The van der Waals surface area contributed by atoms with E-state index in [4.69, 9.17) is 5.11 Å². The van der Waals surface area contributed by atoms with Crippen LogP contribution in [-0.2, 0) is 15.8 Å². The van der Waals surface area contributed by atoms with E-state index in [1.165, 1.54) is 0 Å². The van der Waals surface area contributed by atoms with Crippen LogP contribution in [0, 0.1) is 5.92 Å². The number of hydrogen-bond acceptors (Lipinski definition) is 3. The van der Waals surface area contributed by atoms with Crippen LogP contribution in [0.2, 0.25) is 0 Å². The molecule has 0 aliphatic carbocycles. The van der Waals surface area contributed by atoms with Crippen molar-refractivity contribution in [1.82, 2.24) is 5.32 Å². The van der Waals surface area contributed by atoms with Gasteiger partial charge in [-0.3, -0.25) is 9.59 Å². The minimum absolute atomic E-state index is 0.0387. The quantitative estimate of drug-likeness (QED) is 0.666. The monoisotopic (exact) mass is 373 g/mol. The first-order valence-corrected chi connectivity index (χ1v) is 7.55. The Morgan fingerprint density at radius 3 is 2.19 bits per heavy atom. The maximum atomic E-state index is 12.5. The topological polar surface area (TPSA) is 108 Å². The Kier molecular flexibility index (Phi) is 7.29. The van der Waals surface area contributed by atoms with Gasteiger partial charge in [-0.05, 0) is 36.6 Å². The lowest BCUT2D eigenvalue weighted by Gasteiger charge is -2.10. The van der Waals surface area contributed by atoms with Crippen LogP contribution in [0.5, 0.6) is 0 Å². The number of carbonyl (C=O) groups is 3. The number of benzene rings is 1. The van der Waals surface area contributed by atoms with Crippen LogP contribution < -0.4 is 10.6 Å². The molecule has 142 valence electrons. The molecule has 0 bridgehead atoms. The van der Waals surface area contributed by atoms with Crippen LogP contribution >= 0.6 is 0 Å². The number of carboxylic acid groups (broad SMARTS) is 1. The number of carboxylic acids is 1. The largest absolute Gasteiger partial charge is 0.480 e. The van der Waals surface area contributed by atoms with Gasteiger partial charge in [0.15, 0.2) is 0 Å². The first-order valence-electron chi connectivity index (χ1n) is 7.55. The van der Waals surface area contributed by atoms with Crippen LogP contribution in [0.15, 0.2) is 29.3 Å². The van der Waals surface area contributed by atoms with E-state index in [2.05, 4.69) is 15.6 Å². The van der Waals surface area contributed by atoms with Gasteiger partial charge in [0.05, 0.1) is 5.56 Å². The van der Waals surface area contributed by atoms with E-state index in [-0.39, 0.29) is 23.7 Å². The first kappa shape index (κ1) is 21.1. The molecule has 1 aromatic rings. The lowest BCUT2D eigenvalue weighted by Crippen LogP contribution is -2.36. The number of aliphatic imine (C=N–C) groups is 1. The number of rotatable bonds is 6. The smallest absolute Gasteiger partial charge is 0.416 e. The van der Waals surface area contributed by atoms with Gasteiger partial charge >= 0.3 is 18.2 Å².